The molecule has 0 bridgehead atoms. The van der Waals surface area contributed by atoms with Crippen molar-refractivity contribution in [1.29, 1.82) is 0 Å². The number of hydrogen-bond acceptors (Lipinski definition) is 3. The number of nitrogen functional groups attached to an aromatic ring is 1. The highest BCUT2D eigenvalue weighted by molar-refractivity contribution is 5.91. The van der Waals surface area contributed by atoms with E-state index in [0.29, 0.717) is 41.0 Å². The van der Waals surface area contributed by atoms with Gasteiger partial charge in [-0.25, -0.2) is 9.07 Å². The SMILES string of the molecule is CCCn1nc(-c2ccc(F)c(C)c2)c(C=O)c1N. The quantitative estimate of drug-likeness (QED) is 0.861. The lowest BCUT2D eigenvalue weighted by Crippen LogP contribution is -2.04. The molecule has 0 unspecified atom stereocenters. The normalized spacial score (nSPS) is 10.7. The lowest BCUT2D eigenvalue weighted by molar-refractivity contribution is 0.112. The van der Waals surface area contributed by atoms with Gasteiger partial charge in [0.2, 0.25) is 0 Å². The summed E-state index contributed by atoms with van der Waals surface area (Å²) in [6, 6.07) is 4.64. The number of rotatable bonds is 4. The van der Waals surface area contributed by atoms with Gasteiger partial charge in [0.1, 0.15) is 17.3 Å². The van der Waals surface area contributed by atoms with E-state index in [9.17, 15) is 9.18 Å². The van der Waals surface area contributed by atoms with E-state index in [4.69, 9.17) is 5.73 Å². The molecule has 2 N–H and O–H groups in total. The first kappa shape index (κ1) is 13.3. The van der Waals surface area contributed by atoms with E-state index in [1.807, 2.05) is 6.92 Å². The highest BCUT2D eigenvalue weighted by Gasteiger charge is 2.16. The molecule has 1 aromatic heterocycles. The zero-order chi connectivity index (χ0) is 14.0. The van der Waals surface area contributed by atoms with Crippen molar-refractivity contribution in [2.24, 2.45) is 0 Å². The van der Waals surface area contributed by atoms with Crippen LogP contribution in [0.4, 0.5) is 10.2 Å². The number of anilines is 1. The van der Waals surface area contributed by atoms with Gasteiger partial charge in [0, 0.05) is 12.1 Å². The maximum atomic E-state index is 13.3. The van der Waals surface area contributed by atoms with E-state index in [1.54, 1.807) is 23.7 Å². The summed E-state index contributed by atoms with van der Waals surface area (Å²) in [7, 11) is 0. The van der Waals surface area contributed by atoms with Crippen LogP contribution in [0.5, 0.6) is 0 Å². The van der Waals surface area contributed by atoms with Gasteiger partial charge < -0.3 is 5.73 Å². The lowest BCUT2D eigenvalue weighted by Gasteiger charge is -2.01. The molecule has 19 heavy (non-hydrogen) atoms. The Balaban J connectivity index is 2.57. The molecule has 1 heterocycles. The zero-order valence-electron chi connectivity index (χ0n) is 11.0. The Bertz CT molecular complexity index is 619. The minimum atomic E-state index is -0.280. The topological polar surface area (TPSA) is 60.9 Å². The molecule has 0 atom stereocenters. The second-order valence-corrected chi connectivity index (χ2v) is 4.45. The van der Waals surface area contributed by atoms with Gasteiger partial charge in [-0.15, -0.1) is 0 Å². The number of carbonyl (C=O) groups excluding carboxylic acids is 1. The number of hydrogen-bond donors (Lipinski definition) is 1. The number of halogens is 1. The smallest absolute Gasteiger partial charge is 0.156 e. The third-order valence-electron chi connectivity index (χ3n) is 3.01. The summed E-state index contributed by atoms with van der Waals surface area (Å²) in [4.78, 5) is 11.2. The number of benzene rings is 1. The predicted molar refractivity (Wildman–Crippen MR) is 72.4 cm³/mol. The van der Waals surface area contributed by atoms with E-state index in [0.717, 1.165) is 6.42 Å². The molecule has 1 aromatic carbocycles. The Morgan fingerprint density at radius 2 is 2.21 bits per heavy atom. The Morgan fingerprint density at radius 3 is 2.79 bits per heavy atom. The summed E-state index contributed by atoms with van der Waals surface area (Å²) in [5, 5.41) is 4.35. The molecule has 100 valence electrons. The first-order valence-electron chi connectivity index (χ1n) is 6.16. The minimum Gasteiger partial charge on any atom is -0.383 e. The molecule has 0 saturated heterocycles. The van der Waals surface area contributed by atoms with Crippen molar-refractivity contribution < 1.29 is 9.18 Å². The number of nitrogens with zero attached hydrogens (tertiary/aromatic N) is 2. The lowest BCUT2D eigenvalue weighted by atomic mass is 10.1. The van der Waals surface area contributed by atoms with Crippen molar-refractivity contribution in [3.05, 3.63) is 35.1 Å². The molecular weight excluding hydrogens is 245 g/mol. The molecular formula is C14H16FN3O. The summed E-state index contributed by atoms with van der Waals surface area (Å²) in [6.45, 7) is 4.32. The van der Waals surface area contributed by atoms with E-state index >= 15 is 0 Å². The molecule has 0 aliphatic heterocycles. The number of aryl methyl sites for hydroxylation is 2. The van der Waals surface area contributed by atoms with Crippen LogP contribution >= 0.6 is 0 Å². The van der Waals surface area contributed by atoms with Crippen LogP contribution in [0.15, 0.2) is 18.2 Å². The van der Waals surface area contributed by atoms with Crippen LogP contribution in [0.25, 0.3) is 11.3 Å². The summed E-state index contributed by atoms with van der Waals surface area (Å²) in [5.41, 5.74) is 7.97. The summed E-state index contributed by atoms with van der Waals surface area (Å²) in [5.74, 6) is 0.0752. The average Bonchev–Trinajstić information content (AvgIpc) is 2.70. The van der Waals surface area contributed by atoms with Crippen molar-refractivity contribution in [2.75, 3.05) is 5.73 Å². The second-order valence-electron chi connectivity index (χ2n) is 4.45. The molecule has 0 amide bonds. The molecule has 2 aromatic rings. The molecule has 0 spiro atoms. The van der Waals surface area contributed by atoms with Crippen molar-refractivity contribution in [3.63, 3.8) is 0 Å². The highest BCUT2D eigenvalue weighted by atomic mass is 19.1. The van der Waals surface area contributed by atoms with Gasteiger partial charge in [0.05, 0.1) is 5.56 Å². The van der Waals surface area contributed by atoms with Gasteiger partial charge in [0.25, 0.3) is 0 Å². The Labute approximate surface area is 111 Å². The summed E-state index contributed by atoms with van der Waals surface area (Å²) >= 11 is 0. The largest absolute Gasteiger partial charge is 0.383 e. The fourth-order valence-electron chi connectivity index (χ4n) is 1.99. The van der Waals surface area contributed by atoms with Crippen LogP contribution in [-0.4, -0.2) is 16.1 Å². The molecule has 0 aliphatic rings. The van der Waals surface area contributed by atoms with Gasteiger partial charge in [-0.1, -0.05) is 6.92 Å². The molecule has 4 nitrogen and oxygen atoms in total. The van der Waals surface area contributed by atoms with Gasteiger partial charge in [-0.2, -0.15) is 5.10 Å². The Hall–Kier alpha value is -2.17. The van der Waals surface area contributed by atoms with Gasteiger partial charge in [-0.05, 0) is 37.1 Å². The number of aldehydes is 1. The fraction of sp³-hybridized carbons (Fsp3) is 0.286. The minimum absolute atomic E-state index is 0.280. The van der Waals surface area contributed by atoms with Crippen LogP contribution in [0.1, 0.15) is 29.3 Å². The first-order valence-corrected chi connectivity index (χ1v) is 6.16. The summed E-state index contributed by atoms with van der Waals surface area (Å²) in [6.07, 6.45) is 1.56. The van der Waals surface area contributed by atoms with Crippen LogP contribution in [-0.2, 0) is 6.54 Å². The van der Waals surface area contributed by atoms with Crippen molar-refractivity contribution >= 4 is 12.1 Å². The molecule has 5 heteroatoms. The predicted octanol–water partition coefficient (Wildman–Crippen LogP) is 2.80. The number of carbonyl (C=O) groups is 1. The zero-order valence-corrected chi connectivity index (χ0v) is 11.0. The standard InChI is InChI=1S/C14H16FN3O/c1-3-6-18-14(16)11(8-19)13(17-18)10-4-5-12(15)9(2)7-10/h4-5,7-8H,3,6,16H2,1-2H3. The van der Waals surface area contributed by atoms with Crippen LogP contribution in [0.3, 0.4) is 0 Å². The van der Waals surface area contributed by atoms with Gasteiger partial charge in [0.15, 0.2) is 6.29 Å². The molecule has 2 rings (SSSR count). The van der Waals surface area contributed by atoms with E-state index in [2.05, 4.69) is 5.10 Å². The third kappa shape index (κ3) is 2.36. The van der Waals surface area contributed by atoms with Crippen molar-refractivity contribution in [1.82, 2.24) is 9.78 Å². The van der Waals surface area contributed by atoms with E-state index in [1.165, 1.54) is 6.07 Å². The maximum Gasteiger partial charge on any atom is 0.156 e. The Kier molecular flexibility index (Phi) is 3.64. The average molecular weight is 261 g/mol. The molecule has 0 saturated carbocycles. The summed E-state index contributed by atoms with van der Waals surface area (Å²) < 4.78 is 14.9. The number of aromatic nitrogens is 2. The van der Waals surface area contributed by atoms with Crippen LogP contribution in [0.2, 0.25) is 0 Å². The van der Waals surface area contributed by atoms with Crippen molar-refractivity contribution in [2.45, 2.75) is 26.8 Å². The van der Waals surface area contributed by atoms with Crippen molar-refractivity contribution in [3.8, 4) is 11.3 Å². The first-order chi connectivity index (χ1) is 9.08. The molecule has 0 aliphatic carbocycles. The maximum absolute atomic E-state index is 13.3. The van der Waals surface area contributed by atoms with Crippen LogP contribution in [0, 0.1) is 12.7 Å². The van der Waals surface area contributed by atoms with Gasteiger partial charge in [-0.3, -0.25) is 4.79 Å². The fourth-order valence-corrected chi connectivity index (χ4v) is 1.99. The molecule has 0 radical (unpaired) electrons. The van der Waals surface area contributed by atoms with E-state index < -0.39 is 0 Å². The van der Waals surface area contributed by atoms with E-state index in [-0.39, 0.29) is 5.82 Å². The highest BCUT2D eigenvalue weighted by Crippen LogP contribution is 2.27. The number of nitrogens with two attached hydrogens (primary N) is 1. The third-order valence-corrected chi connectivity index (χ3v) is 3.01. The monoisotopic (exact) mass is 261 g/mol. The second kappa shape index (κ2) is 5.22. The molecule has 0 fully saturated rings. The van der Waals surface area contributed by atoms with Crippen LogP contribution < -0.4 is 5.73 Å². The van der Waals surface area contributed by atoms with Gasteiger partial charge >= 0.3 is 0 Å². The Morgan fingerprint density at radius 1 is 1.47 bits per heavy atom.